The number of carbonyl (C=O) groups is 1. The van der Waals surface area contributed by atoms with E-state index < -0.39 is 12.1 Å². The number of nitrogens with one attached hydrogen (secondary N) is 1. The van der Waals surface area contributed by atoms with Gasteiger partial charge in [-0.3, -0.25) is 5.10 Å². The molecule has 5 fully saturated rings. The lowest BCUT2D eigenvalue weighted by Gasteiger charge is -2.59. The minimum absolute atomic E-state index is 0.0284. The van der Waals surface area contributed by atoms with Crippen LogP contribution in [-0.2, 0) is 0 Å². The topological polar surface area (TPSA) is 81.3 Å². The molecule has 5 heterocycles. The van der Waals surface area contributed by atoms with Crippen molar-refractivity contribution in [1.29, 1.82) is 0 Å². The number of amides is 2. The smallest absolute Gasteiger partial charge is 0.355 e. The maximum absolute atomic E-state index is 12.9. The van der Waals surface area contributed by atoms with E-state index >= 15 is 0 Å². The van der Waals surface area contributed by atoms with E-state index in [1.807, 2.05) is 15.9 Å². The summed E-state index contributed by atoms with van der Waals surface area (Å²) in [6.45, 7) is 2.89. The Morgan fingerprint density at radius 2 is 1.74 bits per heavy atom. The first-order chi connectivity index (χ1) is 16.8. The lowest BCUT2D eigenvalue weighted by atomic mass is 9.57. The number of carbonyl (C=O) groups excluding carboxylic acids is 1. The van der Waals surface area contributed by atoms with Crippen LogP contribution in [0.25, 0.3) is 0 Å². The number of aromatic nitrogens is 4. The van der Waals surface area contributed by atoms with Crippen molar-refractivity contribution >= 4 is 11.8 Å². The normalized spacial score (nSPS) is 24.7. The molecule has 2 saturated carbocycles. The third-order valence-electron chi connectivity index (χ3n) is 8.59. The molecule has 5 aliphatic rings. The number of nitrogens with zero attached hydrogens (tertiary/aromatic N) is 6. The van der Waals surface area contributed by atoms with Crippen molar-refractivity contribution in [3.63, 3.8) is 0 Å². The Hall–Kier alpha value is -2.85. The van der Waals surface area contributed by atoms with Crippen LogP contribution >= 0.6 is 0 Å². The van der Waals surface area contributed by atoms with Gasteiger partial charge in [-0.25, -0.2) is 14.8 Å². The standard InChI is InChI=1S/C24H28F3N7O/c25-24(26,27)18-10-32(11-18)19-4-3-15(7-28-19)17-8-33(9-17)22(35)34-12-23(13-34)5-16(6-23)21-29-20(30-31-21)14-1-2-14/h3-4,7,14,16-18H,1-2,5-6,8-13H2,(H,29,30,31). The molecule has 8 nitrogen and oxygen atoms in total. The van der Waals surface area contributed by atoms with Gasteiger partial charge in [0.15, 0.2) is 5.82 Å². The van der Waals surface area contributed by atoms with Crippen molar-refractivity contribution in [2.45, 2.75) is 49.6 Å². The molecule has 0 unspecified atom stereocenters. The first-order valence-corrected chi connectivity index (χ1v) is 12.5. The lowest BCUT2D eigenvalue weighted by molar-refractivity contribution is -0.180. The van der Waals surface area contributed by atoms with Crippen LogP contribution in [0, 0.1) is 11.3 Å². The van der Waals surface area contributed by atoms with Crippen molar-refractivity contribution in [2.75, 3.05) is 44.2 Å². The molecule has 11 heteroatoms. The van der Waals surface area contributed by atoms with Crippen LogP contribution in [0.2, 0.25) is 0 Å². The van der Waals surface area contributed by atoms with E-state index in [2.05, 4.69) is 20.2 Å². The van der Waals surface area contributed by atoms with Crippen LogP contribution in [0.3, 0.4) is 0 Å². The molecule has 1 spiro atoms. The van der Waals surface area contributed by atoms with Gasteiger partial charge in [-0.05, 0) is 37.3 Å². The number of likely N-dealkylation sites (tertiary alicyclic amines) is 2. The van der Waals surface area contributed by atoms with E-state index in [9.17, 15) is 18.0 Å². The molecule has 3 saturated heterocycles. The summed E-state index contributed by atoms with van der Waals surface area (Å²) in [5, 5.41) is 7.52. The van der Waals surface area contributed by atoms with E-state index in [-0.39, 0.29) is 30.5 Å². The number of alkyl halides is 3. The Kier molecular flexibility index (Phi) is 4.49. The molecular weight excluding hydrogens is 459 g/mol. The molecular formula is C24H28F3N7O. The van der Waals surface area contributed by atoms with Gasteiger partial charge >= 0.3 is 12.2 Å². The number of urea groups is 1. The highest BCUT2D eigenvalue weighted by Crippen LogP contribution is 2.56. The lowest BCUT2D eigenvalue weighted by Crippen LogP contribution is -2.67. The number of rotatable bonds is 4. The molecule has 0 atom stereocenters. The van der Waals surface area contributed by atoms with Gasteiger partial charge in [0.05, 0.1) is 5.92 Å². The second-order valence-electron chi connectivity index (χ2n) is 11.3. The van der Waals surface area contributed by atoms with Gasteiger partial charge in [0.1, 0.15) is 11.6 Å². The zero-order chi connectivity index (χ0) is 23.9. The summed E-state index contributed by atoms with van der Waals surface area (Å²) >= 11 is 0. The van der Waals surface area contributed by atoms with Crippen LogP contribution in [0.4, 0.5) is 23.8 Å². The quantitative estimate of drug-likeness (QED) is 0.714. The number of anilines is 1. The third kappa shape index (κ3) is 3.65. The second kappa shape index (κ2) is 7.33. The number of pyridine rings is 1. The Balaban J connectivity index is 0.858. The largest absolute Gasteiger partial charge is 0.395 e. The molecule has 0 bridgehead atoms. The number of hydrogen-bond donors (Lipinski definition) is 1. The molecule has 2 aromatic heterocycles. The summed E-state index contributed by atoms with van der Waals surface area (Å²) in [5.41, 5.74) is 1.27. The van der Waals surface area contributed by atoms with Gasteiger partial charge in [-0.1, -0.05) is 6.07 Å². The van der Waals surface area contributed by atoms with Crippen molar-refractivity contribution in [2.24, 2.45) is 11.3 Å². The van der Waals surface area contributed by atoms with E-state index in [4.69, 9.17) is 0 Å². The van der Waals surface area contributed by atoms with Crippen LogP contribution in [0.1, 0.15) is 60.6 Å². The van der Waals surface area contributed by atoms with Crippen LogP contribution in [-0.4, -0.2) is 81.4 Å². The Labute approximate surface area is 200 Å². The van der Waals surface area contributed by atoms with Crippen molar-refractivity contribution < 1.29 is 18.0 Å². The summed E-state index contributed by atoms with van der Waals surface area (Å²) in [6, 6.07) is 3.83. The summed E-state index contributed by atoms with van der Waals surface area (Å²) in [5.74, 6) is 2.54. The van der Waals surface area contributed by atoms with Gasteiger partial charge in [-0.2, -0.15) is 18.3 Å². The van der Waals surface area contributed by atoms with Gasteiger partial charge in [0, 0.05) is 68.6 Å². The Bertz CT molecular complexity index is 1120. The van der Waals surface area contributed by atoms with Gasteiger partial charge in [0.2, 0.25) is 0 Å². The van der Waals surface area contributed by atoms with E-state index in [0.29, 0.717) is 30.7 Å². The zero-order valence-corrected chi connectivity index (χ0v) is 19.3. The molecule has 1 N–H and O–H groups in total. The second-order valence-corrected chi connectivity index (χ2v) is 11.3. The zero-order valence-electron chi connectivity index (χ0n) is 19.3. The summed E-state index contributed by atoms with van der Waals surface area (Å²) < 4.78 is 38.1. The van der Waals surface area contributed by atoms with E-state index in [1.165, 1.54) is 12.8 Å². The number of aromatic amines is 1. The molecule has 2 aromatic rings. The van der Waals surface area contributed by atoms with Gasteiger partial charge < -0.3 is 14.7 Å². The average Bonchev–Trinajstić information content (AvgIpc) is 3.42. The maximum atomic E-state index is 12.9. The van der Waals surface area contributed by atoms with Gasteiger partial charge in [-0.15, -0.1) is 0 Å². The molecule has 7 rings (SSSR count). The van der Waals surface area contributed by atoms with Gasteiger partial charge in [0.25, 0.3) is 0 Å². The fourth-order valence-electron chi connectivity index (χ4n) is 6.08. The molecule has 2 amide bonds. The van der Waals surface area contributed by atoms with Crippen molar-refractivity contribution in [3.8, 4) is 0 Å². The first-order valence-electron chi connectivity index (χ1n) is 12.5. The number of hydrogen-bond acceptors (Lipinski definition) is 5. The molecule has 0 radical (unpaired) electrons. The summed E-state index contributed by atoms with van der Waals surface area (Å²) in [6.07, 6.45) is 2.15. The molecule has 2 aliphatic carbocycles. The number of halogens is 3. The molecule has 35 heavy (non-hydrogen) atoms. The van der Waals surface area contributed by atoms with E-state index in [0.717, 1.165) is 43.1 Å². The minimum Gasteiger partial charge on any atom is -0.355 e. The average molecular weight is 488 g/mol. The summed E-state index contributed by atoms with van der Waals surface area (Å²) in [4.78, 5) is 27.4. The predicted octanol–water partition coefficient (Wildman–Crippen LogP) is 3.47. The minimum atomic E-state index is -4.13. The first kappa shape index (κ1) is 21.4. The highest BCUT2D eigenvalue weighted by atomic mass is 19.4. The predicted molar refractivity (Wildman–Crippen MR) is 120 cm³/mol. The molecule has 3 aliphatic heterocycles. The van der Waals surface area contributed by atoms with Crippen molar-refractivity contribution in [3.05, 3.63) is 35.5 Å². The van der Waals surface area contributed by atoms with Crippen LogP contribution in [0.5, 0.6) is 0 Å². The summed E-state index contributed by atoms with van der Waals surface area (Å²) in [7, 11) is 0. The molecule has 186 valence electrons. The third-order valence-corrected chi connectivity index (χ3v) is 8.59. The van der Waals surface area contributed by atoms with Crippen LogP contribution in [0.15, 0.2) is 18.3 Å². The van der Waals surface area contributed by atoms with Crippen LogP contribution < -0.4 is 4.90 Å². The fourth-order valence-corrected chi connectivity index (χ4v) is 6.08. The van der Waals surface area contributed by atoms with Crippen molar-refractivity contribution in [1.82, 2.24) is 30.0 Å². The number of H-pyrrole nitrogens is 1. The Morgan fingerprint density at radius 1 is 1.00 bits per heavy atom. The SMILES string of the molecule is O=C(N1CC(c2ccc(N3CC(C(F)(F)F)C3)nc2)C1)N1CC2(CC(c3n[nH]c(C4CC4)n3)C2)C1. The monoisotopic (exact) mass is 487 g/mol. The fraction of sp³-hybridized carbons (Fsp3) is 0.667. The maximum Gasteiger partial charge on any atom is 0.395 e. The van der Waals surface area contributed by atoms with E-state index in [1.54, 1.807) is 17.2 Å². The highest BCUT2D eigenvalue weighted by Gasteiger charge is 2.56. The Morgan fingerprint density at radius 3 is 2.37 bits per heavy atom. The molecule has 0 aromatic carbocycles. The highest BCUT2D eigenvalue weighted by molar-refractivity contribution is 5.77.